The number of ether oxygens (including phenoxy) is 1. The third-order valence-electron chi connectivity index (χ3n) is 2.46. The Morgan fingerprint density at radius 3 is 2.88 bits per heavy atom. The lowest BCUT2D eigenvalue weighted by Gasteiger charge is -2.22. The Labute approximate surface area is 96.8 Å². The molecule has 1 aromatic carbocycles. The van der Waals surface area contributed by atoms with Crippen LogP contribution in [0.4, 0.5) is 0 Å². The second-order valence-corrected chi connectivity index (χ2v) is 4.12. The minimum absolute atomic E-state index is 0.00440. The van der Waals surface area contributed by atoms with Gasteiger partial charge < -0.3 is 9.84 Å². The Morgan fingerprint density at radius 2 is 2.25 bits per heavy atom. The van der Waals surface area contributed by atoms with E-state index in [0.717, 1.165) is 0 Å². The zero-order valence-corrected chi connectivity index (χ0v) is 9.25. The maximum Gasteiger partial charge on any atom is 0.338 e. The molecule has 0 aliphatic carbocycles. The van der Waals surface area contributed by atoms with Gasteiger partial charge >= 0.3 is 11.9 Å². The average Bonchev–Trinajstić information content (AvgIpc) is 2.19. The van der Waals surface area contributed by atoms with Crippen molar-refractivity contribution in [2.24, 2.45) is 0 Å². The summed E-state index contributed by atoms with van der Waals surface area (Å²) in [6.45, 7) is 1.77. The number of cyclic esters (lactones) is 1. The first-order valence-electron chi connectivity index (χ1n) is 4.75. The van der Waals surface area contributed by atoms with Gasteiger partial charge in [-0.15, -0.1) is 0 Å². The fraction of sp³-hybridized carbons (Fsp3) is 0.273. The van der Waals surface area contributed by atoms with E-state index >= 15 is 0 Å². The smallest absolute Gasteiger partial charge is 0.338 e. The number of aromatic carboxylic acids is 1. The van der Waals surface area contributed by atoms with E-state index < -0.39 is 11.9 Å². The largest absolute Gasteiger partial charge is 0.478 e. The van der Waals surface area contributed by atoms with E-state index in [1.165, 1.54) is 12.1 Å². The SMILES string of the molecule is CC1Cc2c(Cl)cc(C(=O)O)cc2C(=O)O1. The van der Waals surface area contributed by atoms with E-state index in [-0.39, 0.29) is 17.2 Å². The van der Waals surface area contributed by atoms with Crippen LogP contribution < -0.4 is 0 Å². The van der Waals surface area contributed by atoms with Crippen LogP contribution in [-0.4, -0.2) is 23.1 Å². The summed E-state index contributed by atoms with van der Waals surface area (Å²) >= 11 is 5.95. The molecule has 0 saturated carbocycles. The lowest BCUT2D eigenvalue weighted by Crippen LogP contribution is -2.25. The van der Waals surface area contributed by atoms with Gasteiger partial charge in [-0.25, -0.2) is 9.59 Å². The topological polar surface area (TPSA) is 63.6 Å². The van der Waals surface area contributed by atoms with Gasteiger partial charge in [-0.2, -0.15) is 0 Å². The molecule has 0 spiro atoms. The fourth-order valence-electron chi connectivity index (χ4n) is 1.72. The molecule has 1 heterocycles. The molecule has 0 bridgehead atoms. The zero-order chi connectivity index (χ0) is 11.9. The Hall–Kier alpha value is -1.55. The second-order valence-electron chi connectivity index (χ2n) is 3.71. The van der Waals surface area contributed by atoms with Crippen molar-refractivity contribution in [1.82, 2.24) is 0 Å². The highest BCUT2D eigenvalue weighted by Crippen LogP contribution is 2.29. The number of hydrogen-bond acceptors (Lipinski definition) is 3. The van der Waals surface area contributed by atoms with Crippen molar-refractivity contribution in [2.45, 2.75) is 19.4 Å². The number of hydrogen-bond donors (Lipinski definition) is 1. The molecule has 4 nitrogen and oxygen atoms in total. The summed E-state index contributed by atoms with van der Waals surface area (Å²) in [5.41, 5.74) is 0.911. The van der Waals surface area contributed by atoms with Crippen LogP contribution in [0.5, 0.6) is 0 Å². The van der Waals surface area contributed by atoms with Gasteiger partial charge in [0.2, 0.25) is 0 Å². The lowest BCUT2D eigenvalue weighted by atomic mass is 9.97. The van der Waals surface area contributed by atoms with Gasteiger partial charge in [-0.3, -0.25) is 0 Å². The van der Waals surface area contributed by atoms with Crippen LogP contribution >= 0.6 is 11.6 Å². The normalized spacial score (nSPS) is 18.9. The van der Waals surface area contributed by atoms with Crippen molar-refractivity contribution in [1.29, 1.82) is 0 Å². The van der Waals surface area contributed by atoms with E-state index in [1.807, 2.05) is 0 Å². The average molecular weight is 241 g/mol. The summed E-state index contributed by atoms with van der Waals surface area (Å²) < 4.78 is 5.01. The molecule has 0 aromatic heterocycles. The summed E-state index contributed by atoms with van der Waals surface area (Å²) in [5, 5.41) is 9.14. The number of esters is 1. The van der Waals surface area contributed by atoms with E-state index in [4.69, 9.17) is 21.4 Å². The monoisotopic (exact) mass is 240 g/mol. The molecule has 1 aliphatic rings. The zero-order valence-electron chi connectivity index (χ0n) is 8.49. The first-order valence-corrected chi connectivity index (χ1v) is 5.13. The molecule has 1 aromatic rings. The lowest BCUT2D eigenvalue weighted by molar-refractivity contribution is 0.0301. The van der Waals surface area contributed by atoms with Gasteiger partial charge in [0, 0.05) is 11.4 Å². The summed E-state index contributed by atoms with van der Waals surface area (Å²) in [6, 6.07) is 2.66. The molecule has 16 heavy (non-hydrogen) atoms. The molecule has 0 radical (unpaired) electrons. The number of carboxylic acids is 1. The van der Waals surface area contributed by atoms with Gasteiger partial charge in [0.15, 0.2) is 0 Å². The predicted molar refractivity (Wildman–Crippen MR) is 57.0 cm³/mol. The number of carboxylic acid groups (broad SMARTS) is 1. The molecule has 0 saturated heterocycles. The maximum absolute atomic E-state index is 11.5. The van der Waals surface area contributed by atoms with Crippen LogP contribution in [0.25, 0.3) is 0 Å². The summed E-state index contributed by atoms with van der Waals surface area (Å²) in [4.78, 5) is 22.3. The number of carbonyl (C=O) groups excluding carboxylic acids is 1. The molecule has 1 atom stereocenters. The van der Waals surface area contributed by atoms with Gasteiger partial charge in [-0.05, 0) is 24.6 Å². The van der Waals surface area contributed by atoms with Crippen molar-refractivity contribution in [3.63, 3.8) is 0 Å². The number of benzene rings is 1. The van der Waals surface area contributed by atoms with E-state index in [9.17, 15) is 9.59 Å². The highest BCUT2D eigenvalue weighted by Gasteiger charge is 2.27. The standard InChI is InChI=1S/C11H9ClO4/c1-5-2-7-8(11(15)16-5)3-6(10(13)14)4-9(7)12/h3-5H,2H2,1H3,(H,13,14). The van der Waals surface area contributed by atoms with Crippen LogP contribution in [0.1, 0.15) is 33.2 Å². The van der Waals surface area contributed by atoms with Crippen LogP contribution in [0, 0.1) is 0 Å². The van der Waals surface area contributed by atoms with Crippen molar-refractivity contribution in [2.75, 3.05) is 0 Å². The van der Waals surface area contributed by atoms with Crippen molar-refractivity contribution >= 4 is 23.5 Å². The molecular weight excluding hydrogens is 232 g/mol. The van der Waals surface area contributed by atoms with E-state index in [1.54, 1.807) is 6.92 Å². The molecule has 1 aliphatic heterocycles. The number of carbonyl (C=O) groups is 2. The van der Waals surface area contributed by atoms with E-state index in [2.05, 4.69) is 0 Å². The number of fused-ring (bicyclic) bond motifs is 1. The second kappa shape index (κ2) is 3.79. The third kappa shape index (κ3) is 1.76. The van der Waals surface area contributed by atoms with Crippen LogP contribution in [0.3, 0.4) is 0 Å². The van der Waals surface area contributed by atoms with Crippen molar-refractivity contribution in [3.05, 3.63) is 33.8 Å². The molecule has 1 unspecified atom stereocenters. The van der Waals surface area contributed by atoms with Crippen molar-refractivity contribution in [3.8, 4) is 0 Å². The molecule has 84 valence electrons. The minimum Gasteiger partial charge on any atom is -0.478 e. The Kier molecular flexibility index (Phi) is 2.59. The first kappa shape index (κ1) is 11.0. The van der Waals surface area contributed by atoms with Crippen molar-refractivity contribution < 1.29 is 19.4 Å². The summed E-state index contributed by atoms with van der Waals surface area (Å²) in [7, 11) is 0. The third-order valence-corrected chi connectivity index (χ3v) is 2.80. The van der Waals surface area contributed by atoms with Crippen LogP contribution in [-0.2, 0) is 11.2 Å². The quantitative estimate of drug-likeness (QED) is 0.764. The van der Waals surface area contributed by atoms with E-state index in [0.29, 0.717) is 17.0 Å². The first-order chi connectivity index (χ1) is 7.49. The Morgan fingerprint density at radius 1 is 1.56 bits per heavy atom. The summed E-state index contributed by atoms with van der Waals surface area (Å²) in [5.74, 6) is -1.63. The highest BCUT2D eigenvalue weighted by atomic mass is 35.5. The maximum atomic E-state index is 11.5. The van der Waals surface area contributed by atoms with Gasteiger partial charge in [0.05, 0.1) is 11.1 Å². The molecule has 5 heteroatoms. The number of rotatable bonds is 1. The Balaban J connectivity index is 2.59. The Bertz CT molecular complexity index is 481. The van der Waals surface area contributed by atoms with Gasteiger partial charge in [-0.1, -0.05) is 11.6 Å². The minimum atomic E-state index is -1.11. The van der Waals surface area contributed by atoms with Crippen LogP contribution in [0.15, 0.2) is 12.1 Å². The molecular formula is C11H9ClO4. The molecule has 1 N–H and O–H groups in total. The molecule has 2 rings (SSSR count). The van der Waals surface area contributed by atoms with Gasteiger partial charge in [0.25, 0.3) is 0 Å². The highest BCUT2D eigenvalue weighted by molar-refractivity contribution is 6.32. The fourth-order valence-corrected chi connectivity index (χ4v) is 2.02. The molecule has 0 amide bonds. The molecule has 0 fully saturated rings. The number of halogens is 1. The van der Waals surface area contributed by atoms with Crippen LogP contribution in [0.2, 0.25) is 5.02 Å². The summed E-state index contributed by atoms with van der Waals surface area (Å²) in [6.07, 6.45) is 0.285. The van der Waals surface area contributed by atoms with Gasteiger partial charge in [0.1, 0.15) is 6.10 Å². The predicted octanol–water partition coefficient (Wildman–Crippen LogP) is 2.14.